The molecule has 0 spiro atoms. The summed E-state index contributed by atoms with van der Waals surface area (Å²) in [5.74, 6) is 1.84. The minimum absolute atomic E-state index is 0.0303. The zero-order valence-electron chi connectivity index (χ0n) is 24.4. The van der Waals surface area contributed by atoms with E-state index in [0.29, 0.717) is 50.6 Å². The lowest BCUT2D eigenvalue weighted by Gasteiger charge is -2.32. The molecule has 1 atom stereocenters. The molecule has 0 aliphatic carbocycles. The van der Waals surface area contributed by atoms with Crippen LogP contribution in [0.2, 0.25) is 0 Å². The number of methoxy groups -OCH3 is 1. The van der Waals surface area contributed by atoms with Gasteiger partial charge >= 0.3 is 0 Å². The van der Waals surface area contributed by atoms with E-state index in [1.807, 2.05) is 63.2 Å². The number of benzene rings is 2. The van der Waals surface area contributed by atoms with Crippen molar-refractivity contribution >= 4 is 17.5 Å². The van der Waals surface area contributed by atoms with Crippen molar-refractivity contribution in [3.63, 3.8) is 0 Å². The van der Waals surface area contributed by atoms with Gasteiger partial charge in [0.1, 0.15) is 12.3 Å². The van der Waals surface area contributed by atoms with Crippen LogP contribution in [0.15, 0.2) is 47.6 Å². The van der Waals surface area contributed by atoms with Crippen LogP contribution in [-0.2, 0) is 14.3 Å². The van der Waals surface area contributed by atoms with Crippen molar-refractivity contribution in [1.82, 2.24) is 14.8 Å². The number of hydrazone groups is 1. The second-order valence-corrected chi connectivity index (χ2v) is 11.9. The molecule has 41 heavy (non-hydrogen) atoms. The van der Waals surface area contributed by atoms with Gasteiger partial charge in [-0.3, -0.25) is 14.5 Å². The summed E-state index contributed by atoms with van der Waals surface area (Å²) in [7, 11) is 1.63. The molecule has 1 fully saturated rings. The van der Waals surface area contributed by atoms with Crippen LogP contribution in [0, 0.1) is 5.41 Å². The number of ether oxygens (including phenoxy) is 4. The van der Waals surface area contributed by atoms with Crippen LogP contribution < -0.4 is 14.2 Å². The summed E-state index contributed by atoms with van der Waals surface area (Å²) in [6, 6.07) is 13.1. The second-order valence-electron chi connectivity index (χ2n) is 11.9. The average Bonchev–Trinajstić information content (AvgIpc) is 3.62. The summed E-state index contributed by atoms with van der Waals surface area (Å²) in [5.41, 5.74) is 2.42. The molecule has 1 saturated heterocycles. The number of rotatable bonds is 9. The van der Waals surface area contributed by atoms with Gasteiger partial charge in [-0.25, -0.2) is 5.01 Å². The standard InChI is InChI=1S/C31H40N4O6/c1-31(2,3)19-29(36)34(12-11-33-13-15-39-16-14-33)20-30(37)35-26(23-7-10-27-28(17-23)41-21-40-27)18-25(32-35)22-5-8-24(38-4)9-6-22/h5-10,17,26H,11-16,18-21H2,1-4H3/t26-/m0/s1. The second kappa shape index (κ2) is 12.5. The van der Waals surface area contributed by atoms with E-state index in [-0.39, 0.29) is 36.6 Å². The molecule has 0 saturated carbocycles. The summed E-state index contributed by atoms with van der Waals surface area (Å²) in [4.78, 5) is 31.4. The van der Waals surface area contributed by atoms with Crippen LogP contribution in [0.5, 0.6) is 17.2 Å². The Kier molecular flexibility index (Phi) is 8.79. The molecular weight excluding hydrogens is 524 g/mol. The van der Waals surface area contributed by atoms with Gasteiger partial charge in [-0.05, 0) is 52.9 Å². The normalized spacial score (nSPS) is 18.8. The van der Waals surface area contributed by atoms with Crippen molar-refractivity contribution < 1.29 is 28.5 Å². The van der Waals surface area contributed by atoms with E-state index in [1.54, 1.807) is 17.0 Å². The van der Waals surface area contributed by atoms with E-state index >= 15 is 0 Å². The predicted molar refractivity (Wildman–Crippen MR) is 154 cm³/mol. The number of fused-ring (bicyclic) bond motifs is 1. The zero-order valence-corrected chi connectivity index (χ0v) is 24.4. The number of morpholine rings is 1. The Balaban J connectivity index is 1.39. The van der Waals surface area contributed by atoms with Gasteiger partial charge in [0.05, 0.1) is 32.1 Å². The lowest BCUT2D eigenvalue weighted by atomic mass is 9.91. The van der Waals surface area contributed by atoms with Crippen LogP contribution in [0.25, 0.3) is 0 Å². The Morgan fingerprint density at radius 3 is 2.49 bits per heavy atom. The van der Waals surface area contributed by atoms with Crippen molar-refractivity contribution in [2.24, 2.45) is 10.5 Å². The van der Waals surface area contributed by atoms with Crippen molar-refractivity contribution in [2.45, 2.75) is 39.7 Å². The summed E-state index contributed by atoms with van der Waals surface area (Å²) < 4.78 is 21.9. The van der Waals surface area contributed by atoms with E-state index in [4.69, 9.17) is 24.0 Å². The number of hydrogen-bond acceptors (Lipinski definition) is 8. The van der Waals surface area contributed by atoms with Crippen molar-refractivity contribution in [1.29, 1.82) is 0 Å². The summed E-state index contributed by atoms with van der Waals surface area (Å²) >= 11 is 0. The Morgan fingerprint density at radius 1 is 1.05 bits per heavy atom. The molecule has 2 aromatic carbocycles. The van der Waals surface area contributed by atoms with Crippen LogP contribution in [0.1, 0.15) is 50.8 Å². The monoisotopic (exact) mass is 564 g/mol. The Hall–Kier alpha value is -3.63. The summed E-state index contributed by atoms with van der Waals surface area (Å²) in [6.07, 6.45) is 0.886. The molecule has 10 heteroatoms. The number of carbonyl (C=O) groups excluding carboxylic acids is 2. The predicted octanol–water partition coefficient (Wildman–Crippen LogP) is 3.70. The maximum Gasteiger partial charge on any atom is 0.262 e. The Bertz CT molecular complexity index is 1270. The number of carbonyl (C=O) groups is 2. The van der Waals surface area contributed by atoms with Gasteiger partial charge in [-0.1, -0.05) is 26.8 Å². The quantitative estimate of drug-likeness (QED) is 0.459. The molecule has 2 amide bonds. The minimum Gasteiger partial charge on any atom is -0.497 e. The minimum atomic E-state index is -0.340. The highest BCUT2D eigenvalue weighted by atomic mass is 16.7. The van der Waals surface area contributed by atoms with Crippen LogP contribution in [0.4, 0.5) is 0 Å². The van der Waals surface area contributed by atoms with E-state index in [1.165, 1.54) is 0 Å². The SMILES string of the molecule is COc1ccc(C2=NN(C(=O)CN(CCN3CCOCC3)C(=O)CC(C)(C)C)[C@H](c3ccc4c(c3)OCO4)C2)cc1. The number of hydrogen-bond donors (Lipinski definition) is 0. The van der Waals surface area contributed by atoms with Crippen LogP contribution >= 0.6 is 0 Å². The highest BCUT2D eigenvalue weighted by Gasteiger charge is 2.36. The fourth-order valence-corrected chi connectivity index (χ4v) is 5.26. The largest absolute Gasteiger partial charge is 0.497 e. The molecule has 3 aliphatic rings. The van der Waals surface area contributed by atoms with Gasteiger partial charge in [0.25, 0.3) is 5.91 Å². The van der Waals surface area contributed by atoms with Crippen molar-refractivity contribution in [3.8, 4) is 17.2 Å². The summed E-state index contributed by atoms with van der Waals surface area (Å²) in [6.45, 7) is 10.4. The Morgan fingerprint density at radius 2 is 1.78 bits per heavy atom. The smallest absolute Gasteiger partial charge is 0.262 e. The van der Waals surface area contributed by atoms with Gasteiger partial charge in [-0.2, -0.15) is 5.10 Å². The van der Waals surface area contributed by atoms with Gasteiger partial charge in [-0.15, -0.1) is 0 Å². The van der Waals surface area contributed by atoms with Crippen LogP contribution in [-0.4, -0.2) is 92.2 Å². The topological polar surface area (TPSA) is 93.1 Å². The molecular formula is C31H40N4O6. The number of nitrogens with zero attached hydrogens (tertiary/aromatic N) is 4. The van der Waals surface area contributed by atoms with Gasteiger partial charge < -0.3 is 23.8 Å². The molecule has 10 nitrogen and oxygen atoms in total. The molecule has 0 aromatic heterocycles. The maximum atomic E-state index is 14.0. The van der Waals surface area contributed by atoms with Crippen molar-refractivity contribution in [2.75, 3.05) is 59.8 Å². The van der Waals surface area contributed by atoms with E-state index in [2.05, 4.69) is 4.90 Å². The van der Waals surface area contributed by atoms with E-state index < -0.39 is 0 Å². The molecule has 2 aromatic rings. The zero-order chi connectivity index (χ0) is 29.0. The van der Waals surface area contributed by atoms with Crippen LogP contribution in [0.3, 0.4) is 0 Å². The first-order valence-corrected chi connectivity index (χ1v) is 14.2. The Labute approximate surface area is 241 Å². The third-order valence-electron chi connectivity index (χ3n) is 7.52. The van der Waals surface area contributed by atoms with Gasteiger partial charge in [0.2, 0.25) is 12.7 Å². The average molecular weight is 565 g/mol. The molecule has 0 unspecified atom stereocenters. The molecule has 0 radical (unpaired) electrons. The third kappa shape index (κ3) is 7.18. The lowest BCUT2D eigenvalue weighted by molar-refractivity contribution is -0.142. The molecule has 3 heterocycles. The third-order valence-corrected chi connectivity index (χ3v) is 7.52. The first-order chi connectivity index (χ1) is 19.7. The van der Waals surface area contributed by atoms with E-state index in [9.17, 15) is 9.59 Å². The highest BCUT2D eigenvalue weighted by molar-refractivity contribution is 6.03. The number of amides is 2. The highest BCUT2D eigenvalue weighted by Crippen LogP contribution is 2.39. The molecule has 220 valence electrons. The molecule has 0 N–H and O–H groups in total. The lowest BCUT2D eigenvalue weighted by Crippen LogP contribution is -2.47. The fourth-order valence-electron chi connectivity index (χ4n) is 5.26. The van der Waals surface area contributed by atoms with Gasteiger partial charge in [0, 0.05) is 39.0 Å². The van der Waals surface area contributed by atoms with E-state index in [0.717, 1.165) is 35.7 Å². The molecule has 3 aliphatic heterocycles. The maximum absolute atomic E-state index is 14.0. The van der Waals surface area contributed by atoms with Crippen molar-refractivity contribution in [3.05, 3.63) is 53.6 Å². The fraction of sp³-hybridized carbons (Fsp3) is 0.516. The molecule has 0 bridgehead atoms. The van der Waals surface area contributed by atoms with Gasteiger partial charge in [0.15, 0.2) is 11.5 Å². The summed E-state index contributed by atoms with van der Waals surface area (Å²) in [5, 5.41) is 6.37. The molecule has 5 rings (SSSR count). The first-order valence-electron chi connectivity index (χ1n) is 14.2. The first kappa shape index (κ1) is 28.9.